The highest BCUT2D eigenvalue weighted by Crippen LogP contribution is 2.44. The van der Waals surface area contributed by atoms with Gasteiger partial charge in [0.2, 0.25) is 5.91 Å². The van der Waals surface area contributed by atoms with Crippen LogP contribution in [0.25, 0.3) is 0 Å². The van der Waals surface area contributed by atoms with Crippen LogP contribution < -0.4 is 0 Å². The van der Waals surface area contributed by atoms with Crippen molar-refractivity contribution in [3.05, 3.63) is 48.1 Å². The van der Waals surface area contributed by atoms with Crippen molar-refractivity contribution < 1.29 is 27.9 Å². The zero-order valence-electron chi connectivity index (χ0n) is 15.8. The van der Waals surface area contributed by atoms with Crippen LogP contribution >= 0.6 is 0 Å². The summed E-state index contributed by atoms with van der Waals surface area (Å²) in [5.41, 5.74) is -0.521. The quantitative estimate of drug-likeness (QED) is 0.548. The Hall–Kier alpha value is -2.32. The second-order valence-electron chi connectivity index (χ2n) is 7.17. The molecule has 1 aromatic carbocycles. The molecule has 0 aromatic heterocycles. The third-order valence-electron chi connectivity index (χ3n) is 5.59. The number of amides is 1. The molecule has 28 heavy (non-hydrogen) atoms. The minimum Gasteiger partial charge on any atom is -0.469 e. The van der Waals surface area contributed by atoms with E-state index in [1.807, 2.05) is 4.90 Å². The summed E-state index contributed by atoms with van der Waals surface area (Å²) < 4.78 is 32.3. The molecular weight excluding hydrogens is 370 g/mol. The Labute approximate surface area is 162 Å². The number of carbonyl (C=O) groups is 2. The SMILES string of the molecule is C=CCON1C(=O)C[C@H](C(=O)OC)C12CCN(Cc1cc(F)ccc1F)CC2. The fourth-order valence-corrected chi connectivity index (χ4v) is 4.17. The van der Waals surface area contributed by atoms with Gasteiger partial charge in [-0.3, -0.25) is 19.3 Å². The number of hydroxylamine groups is 2. The van der Waals surface area contributed by atoms with Crippen LogP contribution in [-0.2, 0) is 25.7 Å². The number of piperidine rings is 1. The molecule has 0 aliphatic carbocycles. The lowest BCUT2D eigenvalue weighted by Gasteiger charge is -2.45. The van der Waals surface area contributed by atoms with Crippen LogP contribution in [0.15, 0.2) is 30.9 Å². The summed E-state index contributed by atoms with van der Waals surface area (Å²) >= 11 is 0. The maximum absolute atomic E-state index is 13.9. The third-order valence-corrected chi connectivity index (χ3v) is 5.59. The Morgan fingerprint density at radius 2 is 2.07 bits per heavy atom. The number of rotatable bonds is 6. The predicted molar refractivity (Wildman–Crippen MR) is 96.7 cm³/mol. The number of hydrogen-bond acceptors (Lipinski definition) is 5. The molecule has 152 valence electrons. The molecule has 0 radical (unpaired) electrons. The number of carbonyl (C=O) groups excluding carboxylic acids is 2. The first-order chi connectivity index (χ1) is 13.4. The molecule has 1 atom stereocenters. The number of methoxy groups -OCH3 is 1. The van der Waals surface area contributed by atoms with Gasteiger partial charge in [-0.1, -0.05) is 6.08 Å². The molecule has 8 heteroatoms. The van der Waals surface area contributed by atoms with E-state index in [0.29, 0.717) is 25.9 Å². The molecule has 0 saturated carbocycles. The Balaban J connectivity index is 1.77. The van der Waals surface area contributed by atoms with Crippen molar-refractivity contribution in [3.63, 3.8) is 0 Å². The fraction of sp³-hybridized carbons (Fsp3) is 0.500. The van der Waals surface area contributed by atoms with Gasteiger partial charge in [0.15, 0.2) is 0 Å². The van der Waals surface area contributed by atoms with Crippen LogP contribution in [0.1, 0.15) is 24.8 Å². The smallest absolute Gasteiger partial charge is 0.311 e. The van der Waals surface area contributed by atoms with E-state index in [2.05, 4.69) is 6.58 Å². The molecule has 0 unspecified atom stereocenters. The first kappa shape index (κ1) is 20.4. The zero-order valence-corrected chi connectivity index (χ0v) is 15.8. The van der Waals surface area contributed by atoms with Gasteiger partial charge in [-0.05, 0) is 31.0 Å². The van der Waals surface area contributed by atoms with E-state index >= 15 is 0 Å². The molecule has 0 N–H and O–H groups in total. The highest BCUT2D eigenvalue weighted by Gasteiger charge is 2.58. The maximum atomic E-state index is 13.9. The van der Waals surface area contributed by atoms with E-state index in [1.165, 1.54) is 24.3 Å². The first-order valence-corrected chi connectivity index (χ1v) is 9.22. The molecule has 1 spiro atoms. The predicted octanol–water partition coefficient (Wildman–Crippen LogP) is 2.44. The molecule has 1 aromatic rings. The van der Waals surface area contributed by atoms with E-state index in [0.717, 1.165) is 12.1 Å². The standard InChI is InChI=1S/C20H24F2N2O4/c1-3-10-28-24-18(25)12-16(19(26)27-2)20(24)6-8-23(9-7-20)13-14-11-15(21)4-5-17(14)22/h3-5,11,16H,1,6-10,12-13H2,2H3/t16-/m1/s1. The third kappa shape index (κ3) is 3.79. The average Bonchev–Trinajstić information content (AvgIpc) is 2.95. The van der Waals surface area contributed by atoms with E-state index in [9.17, 15) is 18.4 Å². The van der Waals surface area contributed by atoms with Gasteiger partial charge in [0.25, 0.3) is 0 Å². The molecule has 0 bridgehead atoms. The van der Waals surface area contributed by atoms with E-state index in [-0.39, 0.29) is 31.0 Å². The van der Waals surface area contributed by atoms with Gasteiger partial charge in [-0.2, -0.15) is 0 Å². The largest absolute Gasteiger partial charge is 0.469 e. The molecule has 2 heterocycles. The van der Waals surface area contributed by atoms with Crippen molar-refractivity contribution >= 4 is 11.9 Å². The van der Waals surface area contributed by atoms with Gasteiger partial charge in [0, 0.05) is 31.6 Å². The Morgan fingerprint density at radius 3 is 2.71 bits per heavy atom. The second kappa shape index (κ2) is 8.36. The number of benzene rings is 1. The van der Waals surface area contributed by atoms with Gasteiger partial charge in [-0.25, -0.2) is 13.8 Å². The normalized spacial score (nSPS) is 21.9. The van der Waals surface area contributed by atoms with Gasteiger partial charge in [0.1, 0.15) is 11.6 Å². The summed E-state index contributed by atoms with van der Waals surface area (Å²) in [4.78, 5) is 32.4. The molecule has 2 aliphatic rings. The van der Waals surface area contributed by atoms with Crippen molar-refractivity contribution in [1.82, 2.24) is 9.96 Å². The van der Waals surface area contributed by atoms with Crippen LogP contribution in [0.2, 0.25) is 0 Å². The fourth-order valence-electron chi connectivity index (χ4n) is 4.17. The lowest BCUT2D eigenvalue weighted by Crippen LogP contribution is -2.57. The van der Waals surface area contributed by atoms with Crippen molar-refractivity contribution in [2.75, 3.05) is 26.8 Å². The van der Waals surface area contributed by atoms with Gasteiger partial charge < -0.3 is 4.74 Å². The molecule has 2 aliphatic heterocycles. The maximum Gasteiger partial charge on any atom is 0.311 e. The first-order valence-electron chi connectivity index (χ1n) is 9.22. The summed E-state index contributed by atoms with van der Waals surface area (Å²) in [6, 6.07) is 3.39. The molecule has 2 fully saturated rings. The summed E-state index contributed by atoms with van der Waals surface area (Å²) in [5.74, 6) is -2.27. The van der Waals surface area contributed by atoms with Crippen molar-refractivity contribution in [1.29, 1.82) is 0 Å². The summed E-state index contributed by atoms with van der Waals surface area (Å²) in [5, 5.41) is 1.32. The molecule has 3 rings (SSSR count). The van der Waals surface area contributed by atoms with Crippen LogP contribution in [0, 0.1) is 17.6 Å². The highest BCUT2D eigenvalue weighted by molar-refractivity contribution is 5.88. The minimum absolute atomic E-state index is 0.0301. The highest BCUT2D eigenvalue weighted by atomic mass is 19.1. The van der Waals surface area contributed by atoms with E-state index in [4.69, 9.17) is 9.57 Å². The molecule has 6 nitrogen and oxygen atoms in total. The second-order valence-corrected chi connectivity index (χ2v) is 7.17. The summed E-state index contributed by atoms with van der Waals surface area (Å²) in [6.45, 7) is 5.01. The molecule has 1 amide bonds. The van der Waals surface area contributed by atoms with Crippen LogP contribution in [0.4, 0.5) is 8.78 Å². The number of nitrogens with zero attached hydrogens (tertiary/aromatic N) is 2. The van der Waals surface area contributed by atoms with Crippen LogP contribution in [-0.4, -0.2) is 54.2 Å². The Bertz CT molecular complexity index is 763. The minimum atomic E-state index is -0.801. The van der Waals surface area contributed by atoms with Crippen LogP contribution in [0.5, 0.6) is 0 Å². The van der Waals surface area contributed by atoms with Gasteiger partial charge in [-0.15, -0.1) is 6.58 Å². The van der Waals surface area contributed by atoms with Crippen molar-refractivity contribution in [2.45, 2.75) is 31.3 Å². The van der Waals surface area contributed by atoms with Crippen LogP contribution in [0.3, 0.4) is 0 Å². The van der Waals surface area contributed by atoms with Crippen molar-refractivity contribution in [2.24, 2.45) is 5.92 Å². The lowest BCUT2D eigenvalue weighted by molar-refractivity contribution is -0.218. The monoisotopic (exact) mass is 394 g/mol. The molecular formula is C20H24F2N2O4. The Morgan fingerprint density at radius 1 is 1.36 bits per heavy atom. The summed E-state index contributed by atoms with van der Waals surface area (Å²) in [7, 11) is 1.30. The number of esters is 1. The van der Waals surface area contributed by atoms with Gasteiger partial charge in [0.05, 0.1) is 25.2 Å². The number of ether oxygens (including phenoxy) is 1. The number of hydrogen-bond donors (Lipinski definition) is 0. The average molecular weight is 394 g/mol. The topological polar surface area (TPSA) is 59.1 Å². The Kier molecular flexibility index (Phi) is 6.10. The van der Waals surface area contributed by atoms with Gasteiger partial charge >= 0.3 is 5.97 Å². The van der Waals surface area contributed by atoms with Crippen molar-refractivity contribution in [3.8, 4) is 0 Å². The number of likely N-dealkylation sites (tertiary alicyclic amines) is 1. The summed E-state index contributed by atoms with van der Waals surface area (Å²) in [6.07, 6.45) is 2.50. The molecule has 2 saturated heterocycles. The zero-order chi connectivity index (χ0) is 20.3. The van der Waals surface area contributed by atoms with E-state index < -0.39 is 29.1 Å². The number of halogens is 2. The van der Waals surface area contributed by atoms with E-state index in [1.54, 1.807) is 0 Å². The lowest BCUT2D eigenvalue weighted by atomic mass is 9.77.